The Morgan fingerprint density at radius 2 is 1.50 bits per heavy atom. The van der Waals surface area contributed by atoms with Crippen LogP contribution >= 0.6 is 11.3 Å². The number of hydrogen-bond acceptors (Lipinski definition) is 11. The van der Waals surface area contributed by atoms with Crippen LogP contribution < -0.4 is 15.4 Å². The van der Waals surface area contributed by atoms with Gasteiger partial charge in [0.1, 0.15) is 35.3 Å². The van der Waals surface area contributed by atoms with E-state index in [0.717, 1.165) is 57.7 Å². The molecule has 3 aliphatic heterocycles. The molecular weight excluding hydrogens is 916 g/mol. The Labute approximate surface area is 407 Å². The number of methoxy groups -OCH3 is 2. The van der Waals surface area contributed by atoms with Crippen molar-refractivity contribution in [2.75, 3.05) is 20.8 Å². The van der Waals surface area contributed by atoms with Crippen LogP contribution in [0.3, 0.4) is 0 Å². The number of H-pyrrole nitrogens is 2. The number of thiazole rings is 1. The number of nitrogens with one attached hydrogen (secondary N) is 4. The number of amides is 4. The summed E-state index contributed by atoms with van der Waals surface area (Å²) in [5, 5.41) is 7.39. The van der Waals surface area contributed by atoms with E-state index in [1.807, 2.05) is 63.1 Å². The number of nitrogens with zero attached hydrogens (tertiary/aromatic N) is 6. The fourth-order valence-corrected chi connectivity index (χ4v) is 12.1. The second kappa shape index (κ2) is 17.6. The van der Waals surface area contributed by atoms with E-state index in [0.29, 0.717) is 70.6 Å². The van der Waals surface area contributed by atoms with E-state index in [2.05, 4.69) is 38.2 Å². The van der Waals surface area contributed by atoms with Gasteiger partial charge in [0.2, 0.25) is 18.0 Å². The molecule has 0 spiro atoms. The number of hydrogen-bond donors (Lipinski definition) is 4. The highest BCUT2D eigenvalue weighted by Gasteiger charge is 2.61. The van der Waals surface area contributed by atoms with Crippen molar-refractivity contribution >= 4 is 46.2 Å². The van der Waals surface area contributed by atoms with Gasteiger partial charge in [-0.2, -0.15) is 0 Å². The zero-order valence-electron chi connectivity index (χ0n) is 40.1. The van der Waals surface area contributed by atoms with Gasteiger partial charge in [0, 0.05) is 41.2 Å². The molecular formula is C51H57FN10O7S. The summed E-state index contributed by atoms with van der Waals surface area (Å²) in [5.74, 6) is 1.62. The van der Waals surface area contributed by atoms with E-state index in [9.17, 15) is 19.2 Å². The van der Waals surface area contributed by atoms with Gasteiger partial charge in [-0.15, -0.1) is 11.3 Å². The lowest BCUT2D eigenvalue weighted by Crippen LogP contribution is -2.52. The predicted octanol–water partition coefficient (Wildman–Crippen LogP) is 8.83. The summed E-state index contributed by atoms with van der Waals surface area (Å²) in [4.78, 5) is 78.3. The number of carbonyl (C=O) groups excluding carboxylic acids is 4. The largest absolute Gasteiger partial charge is 0.464 e. The van der Waals surface area contributed by atoms with Crippen LogP contribution in [0.25, 0.3) is 44.7 Å². The second-order valence-corrected chi connectivity index (χ2v) is 21.2. The van der Waals surface area contributed by atoms with E-state index in [4.69, 9.17) is 29.2 Å². The van der Waals surface area contributed by atoms with Crippen LogP contribution in [0.1, 0.15) is 112 Å². The Hall–Kier alpha value is -6.76. The van der Waals surface area contributed by atoms with E-state index in [1.165, 1.54) is 20.3 Å². The lowest BCUT2D eigenvalue weighted by molar-refractivity contribution is -0.137. The van der Waals surface area contributed by atoms with Gasteiger partial charge in [-0.05, 0) is 86.1 Å². The number of imidazole rings is 2. The molecule has 6 aromatic rings. The van der Waals surface area contributed by atoms with Gasteiger partial charge in [-0.25, -0.2) is 28.9 Å². The molecule has 4 N–H and O–H groups in total. The average molecular weight is 973 g/mol. The molecule has 4 amide bonds. The number of piperidine rings is 1. The molecule has 17 nitrogen and oxygen atoms in total. The van der Waals surface area contributed by atoms with Crippen molar-refractivity contribution in [1.82, 2.24) is 49.9 Å². The molecule has 2 saturated carbocycles. The number of aromatic amines is 2. The van der Waals surface area contributed by atoms with Crippen molar-refractivity contribution in [3.8, 4) is 39.5 Å². The van der Waals surface area contributed by atoms with Crippen LogP contribution in [0.15, 0.2) is 55.0 Å². The fraction of sp³-hybridized carbons (Fsp3) is 0.471. The van der Waals surface area contributed by atoms with Gasteiger partial charge < -0.3 is 44.6 Å². The molecule has 366 valence electrons. The van der Waals surface area contributed by atoms with Crippen molar-refractivity contribution in [3.05, 3.63) is 82.3 Å². The van der Waals surface area contributed by atoms with Gasteiger partial charge in [-0.1, -0.05) is 40.7 Å². The summed E-state index contributed by atoms with van der Waals surface area (Å²) in [6, 6.07) is 9.35. The molecule has 2 aromatic carbocycles. The molecule has 2 aliphatic carbocycles. The maximum absolute atomic E-state index is 17.0. The number of fused-ring (bicyclic) bond motifs is 6. The normalized spacial score (nSPS) is 23.2. The van der Waals surface area contributed by atoms with Gasteiger partial charge in [0.05, 0.1) is 76.7 Å². The molecule has 0 radical (unpaired) electrons. The molecule has 8 atom stereocenters. The van der Waals surface area contributed by atoms with E-state index >= 15 is 4.39 Å². The van der Waals surface area contributed by atoms with Crippen molar-refractivity contribution in [2.24, 2.45) is 23.7 Å². The second-order valence-electron chi connectivity index (χ2n) is 20.1. The number of ether oxygens (including phenoxy) is 3. The number of rotatable bonds is 12. The van der Waals surface area contributed by atoms with Crippen LogP contribution in [0.2, 0.25) is 0 Å². The first-order valence-corrected chi connectivity index (χ1v) is 25.1. The summed E-state index contributed by atoms with van der Waals surface area (Å²) in [6.07, 6.45) is 7.80. The first-order valence-electron chi connectivity index (χ1n) is 24.3. The quantitative estimate of drug-likeness (QED) is 0.0918. The highest BCUT2D eigenvalue weighted by molar-refractivity contribution is 7.11. The van der Waals surface area contributed by atoms with Gasteiger partial charge >= 0.3 is 12.2 Å². The van der Waals surface area contributed by atoms with Crippen molar-refractivity contribution in [2.45, 2.75) is 109 Å². The molecule has 19 heteroatoms. The van der Waals surface area contributed by atoms with Crippen molar-refractivity contribution in [3.63, 3.8) is 0 Å². The lowest BCUT2D eigenvalue weighted by atomic mass is 10.0. The summed E-state index contributed by atoms with van der Waals surface area (Å²) in [5.41, 5.74) is 4.60. The summed E-state index contributed by atoms with van der Waals surface area (Å²) >= 11 is 1.62. The minimum atomic E-state index is -0.772. The van der Waals surface area contributed by atoms with Gasteiger partial charge in [0.25, 0.3) is 0 Å². The summed E-state index contributed by atoms with van der Waals surface area (Å²) in [7, 11) is 2.56. The third-order valence-electron chi connectivity index (χ3n) is 15.0. The van der Waals surface area contributed by atoms with Gasteiger partial charge in [-0.3, -0.25) is 14.2 Å². The Morgan fingerprint density at radius 3 is 2.17 bits per heavy atom. The highest BCUT2D eigenvalue weighted by Crippen LogP contribution is 2.58. The van der Waals surface area contributed by atoms with Crippen LogP contribution in [0, 0.1) is 29.5 Å². The third-order valence-corrected chi connectivity index (χ3v) is 16.2. The Morgan fingerprint density at radius 1 is 0.829 bits per heavy atom. The Balaban J connectivity index is 0.910. The van der Waals surface area contributed by atoms with Crippen LogP contribution in [-0.2, 0) is 19.1 Å². The first kappa shape index (κ1) is 45.7. The lowest BCUT2D eigenvalue weighted by Gasteiger charge is -2.32. The van der Waals surface area contributed by atoms with Crippen molar-refractivity contribution < 1.29 is 37.8 Å². The number of carbonyl (C=O) groups is 4. The SMILES string of the molecule is COC(=O)NC(C(=O)N1CCC[C@H]1c1ncc(-c2cc(F)c3c(c2)OC(c2cnc(C4CC4)s2)n2c-3cc3cc(-c4cnc([C@@H]5CC6C(C)C6N5C(=O)C(NC(=O)OC)C(C)C)[nH]4)ccc32)[nH]1)C(C)C. The average Bonchev–Trinajstić information content (AvgIpc) is 3.86. The standard InChI is InChI=1S/C51H57FN10O7S/c1-23(2)41(58-50(65)67-6)47(63)60-14-8-9-35(60)44-53-21-33(57-44)28-16-31(52)40-36-17-29-15-27(12-13-34(29)61(36)49(69-38(40)18-28)39-22-55-46(70-39)26-10-11-26)32-20-54-45(56-32)37-19-30-25(5)43(30)62(37)48(64)42(24(3)4)59-51(66)68-7/h12-13,15-18,20-26,30,35,37,41-43,49H,8-11,14,19H2,1-7H3,(H,53,57)(H,54,56)(H,58,65)(H,59,66)/t25?,30?,35-,37-,41?,42?,43?,49?/m0/s1. The highest BCUT2D eigenvalue weighted by atomic mass is 32.1. The van der Waals surface area contributed by atoms with Crippen LogP contribution in [0.4, 0.5) is 14.0 Å². The molecule has 7 heterocycles. The van der Waals surface area contributed by atoms with E-state index in [-0.39, 0.29) is 41.8 Å². The number of benzene rings is 2. The summed E-state index contributed by atoms with van der Waals surface area (Å²) < 4.78 is 35.5. The third kappa shape index (κ3) is 7.85. The van der Waals surface area contributed by atoms with E-state index < -0.39 is 36.3 Å². The molecule has 5 aliphatic rings. The first-order chi connectivity index (χ1) is 33.7. The number of alkyl carbamates (subject to hydrolysis) is 2. The smallest absolute Gasteiger partial charge is 0.407 e. The molecule has 0 bridgehead atoms. The zero-order valence-corrected chi connectivity index (χ0v) is 40.9. The molecule has 4 aromatic heterocycles. The summed E-state index contributed by atoms with van der Waals surface area (Å²) in [6.45, 7) is 10.2. The fourth-order valence-electron chi connectivity index (χ4n) is 11.0. The molecule has 11 rings (SSSR count). The molecule has 70 heavy (non-hydrogen) atoms. The predicted molar refractivity (Wildman–Crippen MR) is 258 cm³/mol. The number of likely N-dealkylation sites (tertiary alicyclic amines) is 2. The molecule has 4 fully saturated rings. The Bertz CT molecular complexity index is 3050. The van der Waals surface area contributed by atoms with E-state index in [1.54, 1.807) is 28.6 Å². The number of aromatic nitrogens is 6. The monoisotopic (exact) mass is 972 g/mol. The van der Waals surface area contributed by atoms with Gasteiger partial charge in [0.15, 0.2) is 0 Å². The van der Waals surface area contributed by atoms with Crippen LogP contribution in [-0.4, -0.2) is 102 Å². The minimum Gasteiger partial charge on any atom is -0.464 e. The zero-order chi connectivity index (χ0) is 48.9. The Kier molecular flexibility index (Phi) is 11.5. The minimum absolute atomic E-state index is 0.0724. The number of halogens is 1. The molecule has 2 saturated heterocycles. The maximum Gasteiger partial charge on any atom is 0.407 e. The van der Waals surface area contributed by atoms with Crippen molar-refractivity contribution in [1.29, 1.82) is 0 Å². The maximum atomic E-state index is 17.0. The van der Waals surface area contributed by atoms with Crippen LogP contribution in [0.5, 0.6) is 5.75 Å². The topological polar surface area (TPSA) is 202 Å². The molecule has 6 unspecified atom stereocenters.